The number of carbonyl (C=O) groups excluding carboxylic acids is 2. The van der Waals surface area contributed by atoms with Crippen LogP contribution in [0.5, 0.6) is 0 Å². The Morgan fingerprint density at radius 3 is 2.35 bits per heavy atom. The molecule has 0 saturated heterocycles. The fourth-order valence-corrected chi connectivity index (χ4v) is 2.99. The molecule has 0 radical (unpaired) electrons. The Kier molecular flexibility index (Phi) is 2.15. The van der Waals surface area contributed by atoms with Gasteiger partial charge in [-0.15, -0.1) is 0 Å². The molecule has 0 spiro atoms. The Morgan fingerprint density at radius 1 is 1.06 bits per heavy atom. The molecular weight excluding hydrogens is 220 g/mol. The molecule has 0 aliphatic heterocycles. The van der Waals surface area contributed by atoms with E-state index in [1.165, 1.54) is 14.2 Å². The molecule has 1 saturated carbocycles. The summed E-state index contributed by atoms with van der Waals surface area (Å²) >= 11 is 0. The van der Waals surface area contributed by atoms with Gasteiger partial charge in [-0.1, -0.05) is 0 Å². The van der Waals surface area contributed by atoms with Gasteiger partial charge in [-0.25, -0.2) is 0 Å². The maximum atomic E-state index is 12.3. The molecule has 90 valence electrons. The standard InChI is InChI=1S/C13H14O4/c1-16-12-10(14)7-4-3-6-5-8(6)9(7)11(15)13(12)17-2/h6,8H,3-5H2,1-2H3/t6?,8-/m0/s1. The first kappa shape index (κ1) is 10.6. The summed E-state index contributed by atoms with van der Waals surface area (Å²) in [5.41, 5.74) is 1.36. The van der Waals surface area contributed by atoms with Crippen LogP contribution < -0.4 is 0 Å². The molecule has 4 nitrogen and oxygen atoms in total. The zero-order valence-electron chi connectivity index (χ0n) is 9.91. The predicted octanol–water partition coefficient (Wildman–Crippen LogP) is 1.37. The third-order valence-electron chi connectivity index (χ3n) is 3.93. The SMILES string of the molecule is COC1=C(OC)C(=O)C2=C(CCC3C[C@H]23)C1=O. The van der Waals surface area contributed by atoms with Crippen molar-refractivity contribution in [1.29, 1.82) is 0 Å². The number of Topliss-reactive ketones (excluding diaryl/α,β-unsaturated/α-hetero) is 2. The average Bonchev–Trinajstić information content (AvgIpc) is 3.11. The van der Waals surface area contributed by atoms with Crippen molar-refractivity contribution in [2.24, 2.45) is 11.8 Å². The van der Waals surface area contributed by atoms with Gasteiger partial charge in [0.2, 0.25) is 23.1 Å². The summed E-state index contributed by atoms with van der Waals surface area (Å²) < 4.78 is 10.1. The molecule has 3 rings (SSSR count). The molecule has 1 fully saturated rings. The van der Waals surface area contributed by atoms with E-state index in [2.05, 4.69) is 0 Å². The molecule has 0 heterocycles. The second-order valence-electron chi connectivity index (χ2n) is 4.76. The molecule has 0 N–H and O–H groups in total. The topological polar surface area (TPSA) is 52.6 Å². The normalized spacial score (nSPS) is 31.2. The molecule has 0 aromatic heterocycles. The molecule has 4 heteroatoms. The van der Waals surface area contributed by atoms with Gasteiger partial charge in [-0.05, 0) is 31.1 Å². The lowest BCUT2D eigenvalue weighted by Gasteiger charge is -2.24. The van der Waals surface area contributed by atoms with Crippen LogP contribution in [0.1, 0.15) is 19.3 Å². The third kappa shape index (κ3) is 1.30. The Bertz CT molecular complexity index is 484. The summed E-state index contributed by atoms with van der Waals surface area (Å²) in [7, 11) is 2.80. The van der Waals surface area contributed by atoms with E-state index in [0.717, 1.165) is 12.8 Å². The number of carbonyl (C=O) groups is 2. The Morgan fingerprint density at radius 2 is 1.71 bits per heavy atom. The van der Waals surface area contributed by atoms with Crippen LogP contribution in [-0.2, 0) is 19.1 Å². The summed E-state index contributed by atoms with van der Waals surface area (Å²) in [4.78, 5) is 24.5. The van der Waals surface area contributed by atoms with Crippen LogP contribution >= 0.6 is 0 Å². The highest BCUT2D eigenvalue weighted by Gasteiger charge is 2.51. The first-order chi connectivity index (χ1) is 8.19. The number of hydrogen-bond acceptors (Lipinski definition) is 4. The zero-order valence-corrected chi connectivity index (χ0v) is 9.91. The van der Waals surface area contributed by atoms with Crippen LogP contribution in [0.4, 0.5) is 0 Å². The van der Waals surface area contributed by atoms with Crippen molar-refractivity contribution in [2.75, 3.05) is 14.2 Å². The van der Waals surface area contributed by atoms with Gasteiger partial charge in [0, 0.05) is 11.1 Å². The van der Waals surface area contributed by atoms with E-state index in [-0.39, 0.29) is 23.1 Å². The summed E-state index contributed by atoms with van der Waals surface area (Å²) in [5.74, 6) is 0.723. The Labute approximate surface area is 99.3 Å². The first-order valence-electron chi connectivity index (χ1n) is 5.83. The third-order valence-corrected chi connectivity index (χ3v) is 3.93. The van der Waals surface area contributed by atoms with Gasteiger partial charge in [-0.2, -0.15) is 0 Å². The number of rotatable bonds is 2. The van der Waals surface area contributed by atoms with E-state index in [0.29, 0.717) is 29.4 Å². The van der Waals surface area contributed by atoms with Crippen LogP contribution in [0.3, 0.4) is 0 Å². The van der Waals surface area contributed by atoms with E-state index >= 15 is 0 Å². The second-order valence-corrected chi connectivity index (χ2v) is 4.76. The lowest BCUT2D eigenvalue weighted by Crippen LogP contribution is -2.28. The summed E-state index contributed by atoms with van der Waals surface area (Å²) in [6.07, 6.45) is 2.75. The summed E-state index contributed by atoms with van der Waals surface area (Å²) in [6.45, 7) is 0. The predicted molar refractivity (Wildman–Crippen MR) is 58.9 cm³/mol. The highest BCUT2D eigenvalue weighted by molar-refractivity contribution is 6.24. The van der Waals surface area contributed by atoms with Crippen LogP contribution in [0, 0.1) is 11.8 Å². The lowest BCUT2D eigenvalue weighted by molar-refractivity contribution is -0.121. The van der Waals surface area contributed by atoms with Gasteiger partial charge in [0.1, 0.15) is 0 Å². The van der Waals surface area contributed by atoms with Crippen LogP contribution in [0.2, 0.25) is 0 Å². The lowest BCUT2D eigenvalue weighted by atomic mass is 9.82. The molecule has 1 unspecified atom stereocenters. The molecule has 0 aromatic rings. The monoisotopic (exact) mass is 234 g/mol. The number of hydrogen-bond donors (Lipinski definition) is 0. The molecule has 2 atom stereocenters. The fourth-order valence-electron chi connectivity index (χ4n) is 2.99. The van der Waals surface area contributed by atoms with E-state index < -0.39 is 0 Å². The number of methoxy groups -OCH3 is 2. The van der Waals surface area contributed by atoms with Crippen molar-refractivity contribution in [1.82, 2.24) is 0 Å². The fraction of sp³-hybridized carbons (Fsp3) is 0.538. The minimum Gasteiger partial charge on any atom is -0.489 e. The number of ketones is 2. The Balaban J connectivity index is 2.10. The molecule has 17 heavy (non-hydrogen) atoms. The van der Waals surface area contributed by atoms with Crippen molar-refractivity contribution >= 4 is 11.6 Å². The van der Waals surface area contributed by atoms with Crippen LogP contribution in [-0.4, -0.2) is 25.8 Å². The quantitative estimate of drug-likeness (QED) is 0.677. The second kappa shape index (κ2) is 3.45. The zero-order chi connectivity index (χ0) is 12.2. The molecule has 3 aliphatic carbocycles. The van der Waals surface area contributed by atoms with Crippen LogP contribution in [0.25, 0.3) is 0 Å². The van der Waals surface area contributed by atoms with Crippen molar-refractivity contribution in [3.63, 3.8) is 0 Å². The highest BCUT2D eigenvalue weighted by atomic mass is 16.5. The van der Waals surface area contributed by atoms with E-state index in [4.69, 9.17) is 9.47 Å². The van der Waals surface area contributed by atoms with Crippen LogP contribution in [0.15, 0.2) is 22.7 Å². The highest BCUT2D eigenvalue weighted by Crippen LogP contribution is 2.54. The largest absolute Gasteiger partial charge is 0.489 e. The summed E-state index contributed by atoms with van der Waals surface area (Å²) in [5, 5.41) is 0. The molecule has 0 bridgehead atoms. The maximum Gasteiger partial charge on any atom is 0.228 e. The number of fused-ring (bicyclic) bond motifs is 2. The number of allylic oxidation sites excluding steroid dienone is 2. The van der Waals surface area contributed by atoms with Gasteiger partial charge >= 0.3 is 0 Å². The average molecular weight is 234 g/mol. The van der Waals surface area contributed by atoms with Crippen molar-refractivity contribution in [3.05, 3.63) is 22.7 Å². The van der Waals surface area contributed by atoms with E-state index in [1.54, 1.807) is 0 Å². The molecular formula is C13H14O4. The van der Waals surface area contributed by atoms with Gasteiger partial charge in [0.05, 0.1) is 14.2 Å². The van der Waals surface area contributed by atoms with Crippen molar-refractivity contribution in [3.8, 4) is 0 Å². The van der Waals surface area contributed by atoms with Gasteiger partial charge in [0.25, 0.3) is 0 Å². The molecule has 3 aliphatic rings. The minimum absolute atomic E-state index is 0.0651. The van der Waals surface area contributed by atoms with Gasteiger partial charge in [-0.3, -0.25) is 9.59 Å². The minimum atomic E-state index is -0.163. The van der Waals surface area contributed by atoms with Crippen molar-refractivity contribution in [2.45, 2.75) is 19.3 Å². The Hall–Kier alpha value is -1.58. The smallest absolute Gasteiger partial charge is 0.228 e. The first-order valence-corrected chi connectivity index (χ1v) is 5.83. The van der Waals surface area contributed by atoms with Gasteiger partial charge < -0.3 is 9.47 Å². The molecule has 0 aromatic carbocycles. The maximum absolute atomic E-state index is 12.3. The van der Waals surface area contributed by atoms with E-state index in [9.17, 15) is 9.59 Å². The summed E-state index contributed by atoms with van der Waals surface area (Å²) in [6, 6.07) is 0. The van der Waals surface area contributed by atoms with Gasteiger partial charge in [0.15, 0.2) is 0 Å². The van der Waals surface area contributed by atoms with E-state index in [1.807, 2.05) is 0 Å². The number of ether oxygens (including phenoxy) is 2. The van der Waals surface area contributed by atoms with Crippen molar-refractivity contribution < 1.29 is 19.1 Å². The molecule has 0 amide bonds.